The second kappa shape index (κ2) is 6.97. The quantitative estimate of drug-likeness (QED) is 0.845. The van der Waals surface area contributed by atoms with Crippen LogP contribution in [-0.2, 0) is 11.2 Å². The van der Waals surface area contributed by atoms with E-state index < -0.39 is 0 Å². The zero-order valence-electron chi connectivity index (χ0n) is 12.9. The first-order valence-corrected chi connectivity index (χ1v) is 8.71. The number of nitrogens with zero attached hydrogens (tertiary/aromatic N) is 2. The van der Waals surface area contributed by atoms with Gasteiger partial charge in [-0.25, -0.2) is 0 Å². The molecule has 0 aliphatic carbocycles. The van der Waals surface area contributed by atoms with Gasteiger partial charge in [0.25, 0.3) is 0 Å². The molecule has 1 amide bonds. The van der Waals surface area contributed by atoms with Gasteiger partial charge in [-0.2, -0.15) is 11.3 Å². The predicted molar refractivity (Wildman–Crippen MR) is 92.4 cm³/mol. The molecular formula is C18H22N2OS. The summed E-state index contributed by atoms with van der Waals surface area (Å²) in [6, 6.07) is 12.6. The minimum absolute atomic E-state index is 0.219. The van der Waals surface area contributed by atoms with E-state index in [1.165, 1.54) is 5.69 Å². The Morgan fingerprint density at radius 1 is 1.32 bits per heavy atom. The molecule has 4 heteroatoms. The highest BCUT2D eigenvalue weighted by Gasteiger charge is 2.25. The van der Waals surface area contributed by atoms with Crippen molar-refractivity contribution >= 4 is 22.9 Å². The molecular weight excluding hydrogens is 292 g/mol. The number of para-hydroxylation sites is 1. The fraction of sp³-hybridized carbons (Fsp3) is 0.389. The number of rotatable bonds is 5. The van der Waals surface area contributed by atoms with Crippen LogP contribution in [0.4, 0.5) is 5.69 Å². The molecule has 1 atom stereocenters. The van der Waals surface area contributed by atoms with E-state index >= 15 is 0 Å². The lowest BCUT2D eigenvalue weighted by atomic mass is 10.1. The normalized spacial score (nSPS) is 17.7. The van der Waals surface area contributed by atoms with Gasteiger partial charge in [0.15, 0.2) is 0 Å². The van der Waals surface area contributed by atoms with Gasteiger partial charge >= 0.3 is 0 Å². The maximum Gasteiger partial charge on any atom is 0.226 e. The molecule has 1 saturated heterocycles. The maximum atomic E-state index is 12.3. The summed E-state index contributed by atoms with van der Waals surface area (Å²) < 4.78 is 0. The average molecular weight is 314 g/mol. The Morgan fingerprint density at radius 2 is 2.14 bits per heavy atom. The van der Waals surface area contributed by atoms with Gasteiger partial charge in [0.05, 0.1) is 6.42 Å². The Hall–Kier alpha value is -1.81. The molecule has 2 heterocycles. The van der Waals surface area contributed by atoms with Crippen molar-refractivity contribution in [1.82, 2.24) is 4.90 Å². The lowest BCUT2D eigenvalue weighted by molar-refractivity contribution is -0.129. The van der Waals surface area contributed by atoms with Crippen LogP contribution in [0.5, 0.6) is 0 Å². The van der Waals surface area contributed by atoms with Crippen LogP contribution in [0.3, 0.4) is 0 Å². The van der Waals surface area contributed by atoms with Gasteiger partial charge in [-0.05, 0) is 46.9 Å². The van der Waals surface area contributed by atoms with Crippen LogP contribution in [0.2, 0.25) is 0 Å². The molecule has 1 aromatic heterocycles. The van der Waals surface area contributed by atoms with E-state index in [0.29, 0.717) is 12.3 Å². The summed E-state index contributed by atoms with van der Waals surface area (Å²) >= 11 is 1.65. The van der Waals surface area contributed by atoms with Crippen molar-refractivity contribution in [3.8, 4) is 0 Å². The molecule has 1 aliphatic heterocycles. The van der Waals surface area contributed by atoms with Gasteiger partial charge in [0, 0.05) is 32.4 Å². The summed E-state index contributed by atoms with van der Waals surface area (Å²) in [5, 5.41) is 4.08. The van der Waals surface area contributed by atoms with Gasteiger partial charge in [0.2, 0.25) is 5.91 Å². The van der Waals surface area contributed by atoms with Crippen LogP contribution in [0, 0.1) is 5.92 Å². The standard InChI is InChI=1S/C18H22N2OS/c1-19(18(21)11-15-8-10-22-14-15)12-16-7-9-20(13-16)17-5-3-2-4-6-17/h2-6,8,10,14,16H,7,9,11-13H2,1H3/t16-/m1/s1. The van der Waals surface area contributed by atoms with Crippen LogP contribution in [0.1, 0.15) is 12.0 Å². The van der Waals surface area contributed by atoms with E-state index in [9.17, 15) is 4.79 Å². The van der Waals surface area contributed by atoms with Gasteiger partial charge in [-0.1, -0.05) is 18.2 Å². The van der Waals surface area contributed by atoms with Crippen molar-refractivity contribution in [3.63, 3.8) is 0 Å². The summed E-state index contributed by atoms with van der Waals surface area (Å²) in [5.74, 6) is 0.785. The van der Waals surface area contributed by atoms with E-state index in [2.05, 4.69) is 34.5 Å². The lowest BCUT2D eigenvalue weighted by Crippen LogP contribution is -2.34. The summed E-state index contributed by atoms with van der Waals surface area (Å²) in [6.45, 7) is 2.98. The van der Waals surface area contributed by atoms with Crippen molar-refractivity contribution in [2.75, 3.05) is 31.6 Å². The Morgan fingerprint density at radius 3 is 2.86 bits per heavy atom. The Kier molecular flexibility index (Phi) is 4.78. The molecule has 0 saturated carbocycles. The Bertz CT molecular complexity index is 597. The zero-order chi connectivity index (χ0) is 15.4. The largest absolute Gasteiger partial charge is 0.371 e. The molecule has 2 aromatic rings. The van der Waals surface area contributed by atoms with Crippen molar-refractivity contribution in [2.45, 2.75) is 12.8 Å². The Balaban J connectivity index is 1.50. The maximum absolute atomic E-state index is 12.3. The third-order valence-electron chi connectivity index (χ3n) is 4.30. The van der Waals surface area contributed by atoms with Crippen molar-refractivity contribution in [2.24, 2.45) is 5.92 Å². The predicted octanol–water partition coefficient (Wildman–Crippen LogP) is 3.28. The fourth-order valence-electron chi connectivity index (χ4n) is 3.05. The van der Waals surface area contributed by atoms with Gasteiger partial charge in [-0.15, -0.1) is 0 Å². The smallest absolute Gasteiger partial charge is 0.226 e. The van der Waals surface area contributed by atoms with Crippen LogP contribution in [-0.4, -0.2) is 37.5 Å². The summed E-state index contributed by atoms with van der Waals surface area (Å²) in [4.78, 5) is 16.6. The number of thiophene rings is 1. The number of anilines is 1. The number of hydrogen-bond acceptors (Lipinski definition) is 3. The van der Waals surface area contributed by atoms with Crippen molar-refractivity contribution in [3.05, 3.63) is 52.7 Å². The van der Waals surface area contributed by atoms with E-state index in [4.69, 9.17) is 0 Å². The van der Waals surface area contributed by atoms with Crippen LogP contribution < -0.4 is 4.90 Å². The highest BCUT2D eigenvalue weighted by molar-refractivity contribution is 7.07. The fourth-order valence-corrected chi connectivity index (χ4v) is 3.72. The van der Waals surface area contributed by atoms with Crippen molar-refractivity contribution in [1.29, 1.82) is 0 Å². The molecule has 22 heavy (non-hydrogen) atoms. The number of hydrogen-bond donors (Lipinski definition) is 0. The van der Waals surface area contributed by atoms with Crippen molar-refractivity contribution < 1.29 is 4.79 Å². The van der Waals surface area contributed by atoms with Gasteiger partial charge in [0.1, 0.15) is 0 Å². The molecule has 3 nitrogen and oxygen atoms in total. The molecule has 3 rings (SSSR count). The highest BCUT2D eigenvalue weighted by atomic mass is 32.1. The third kappa shape index (κ3) is 3.69. The zero-order valence-corrected chi connectivity index (χ0v) is 13.8. The first-order chi connectivity index (χ1) is 10.7. The second-order valence-electron chi connectivity index (χ2n) is 6.02. The van der Waals surface area contributed by atoms with Gasteiger partial charge in [-0.3, -0.25) is 4.79 Å². The van der Waals surface area contributed by atoms with Crippen LogP contribution in [0.15, 0.2) is 47.2 Å². The molecule has 1 fully saturated rings. The Labute approximate surface area is 136 Å². The lowest BCUT2D eigenvalue weighted by Gasteiger charge is -2.22. The van der Waals surface area contributed by atoms with Crippen LogP contribution in [0.25, 0.3) is 0 Å². The molecule has 0 N–H and O–H groups in total. The number of carbonyl (C=O) groups is 1. The second-order valence-corrected chi connectivity index (χ2v) is 6.80. The molecule has 116 valence electrons. The molecule has 1 aromatic carbocycles. The van der Waals surface area contributed by atoms with Gasteiger partial charge < -0.3 is 9.80 Å². The number of benzene rings is 1. The summed E-state index contributed by atoms with van der Waals surface area (Å²) in [5.41, 5.74) is 2.41. The van der Waals surface area contributed by atoms with E-state index in [-0.39, 0.29) is 5.91 Å². The first-order valence-electron chi connectivity index (χ1n) is 7.77. The minimum atomic E-state index is 0.219. The monoisotopic (exact) mass is 314 g/mol. The minimum Gasteiger partial charge on any atom is -0.371 e. The summed E-state index contributed by atoms with van der Waals surface area (Å²) in [7, 11) is 1.93. The topological polar surface area (TPSA) is 23.6 Å². The SMILES string of the molecule is CN(C[C@H]1CCN(c2ccccc2)C1)C(=O)Cc1ccsc1. The first kappa shape index (κ1) is 15.1. The molecule has 0 unspecified atom stereocenters. The number of likely N-dealkylation sites (N-methyl/N-ethyl adjacent to an activating group) is 1. The number of carbonyl (C=O) groups excluding carboxylic acids is 1. The molecule has 0 radical (unpaired) electrons. The van der Waals surface area contributed by atoms with E-state index in [1.807, 2.05) is 29.5 Å². The molecule has 1 aliphatic rings. The molecule has 0 spiro atoms. The summed E-state index contributed by atoms with van der Waals surface area (Å²) in [6.07, 6.45) is 1.68. The third-order valence-corrected chi connectivity index (χ3v) is 5.03. The van der Waals surface area contributed by atoms with E-state index in [1.54, 1.807) is 11.3 Å². The van der Waals surface area contributed by atoms with Crippen LogP contribution >= 0.6 is 11.3 Å². The number of amides is 1. The average Bonchev–Trinajstić information content (AvgIpc) is 3.20. The molecule has 0 bridgehead atoms. The highest BCUT2D eigenvalue weighted by Crippen LogP contribution is 2.24. The van der Waals surface area contributed by atoms with E-state index in [0.717, 1.165) is 31.6 Å².